The standard InChI is InChI=1S/C17H19F3N2OS/c1-23-15-9-13(8-14(10-15)17(18,19)20)16(12-2-7-24-11-12)22-5-3-21-4-6-22/h2,7-11,16,21H,3-6H2,1H3/t16-/m0/s1. The maximum absolute atomic E-state index is 13.3. The van der Waals surface area contributed by atoms with Crippen LogP contribution >= 0.6 is 11.3 Å². The zero-order valence-electron chi connectivity index (χ0n) is 13.3. The van der Waals surface area contributed by atoms with Crippen molar-refractivity contribution >= 4 is 11.3 Å². The first-order valence-electron chi connectivity index (χ1n) is 7.72. The number of ether oxygens (including phenoxy) is 1. The molecule has 1 aliphatic heterocycles. The average molecular weight is 356 g/mol. The van der Waals surface area contributed by atoms with Crippen molar-refractivity contribution in [1.82, 2.24) is 10.2 Å². The van der Waals surface area contributed by atoms with Gasteiger partial charge in [-0.3, -0.25) is 4.90 Å². The number of halogens is 3. The molecule has 0 saturated carbocycles. The van der Waals surface area contributed by atoms with E-state index in [1.54, 1.807) is 17.4 Å². The van der Waals surface area contributed by atoms with Gasteiger partial charge in [-0.15, -0.1) is 0 Å². The van der Waals surface area contributed by atoms with E-state index >= 15 is 0 Å². The van der Waals surface area contributed by atoms with Crippen molar-refractivity contribution < 1.29 is 17.9 Å². The van der Waals surface area contributed by atoms with E-state index in [9.17, 15) is 13.2 Å². The van der Waals surface area contributed by atoms with Crippen molar-refractivity contribution in [3.63, 3.8) is 0 Å². The first-order chi connectivity index (χ1) is 11.5. The SMILES string of the molecule is COc1cc([C@H](c2ccsc2)N2CCNCC2)cc(C(F)(F)F)c1. The molecule has 2 heterocycles. The van der Waals surface area contributed by atoms with Crippen LogP contribution in [0.4, 0.5) is 13.2 Å². The monoisotopic (exact) mass is 356 g/mol. The van der Waals surface area contributed by atoms with Crippen LogP contribution in [-0.4, -0.2) is 38.2 Å². The van der Waals surface area contributed by atoms with Crippen LogP contribution in [0.3, 0.4) is 0 Å². The Morgan fingerprint density at radius 3 is 2.50 bits per heavy atom. The molecule has 1 saturated heterocycles. The third-order valence-corrected chi connectivity index (χ3v) is 4.88. The minimum atomic E-state index is -4.40. The molecular weight excluding hydrogens is 337 g/mol. The van der Waals surface area contributed by atoms with Crippen LogP contribution in [0.15, 0.2) is 35.0 Å². The molecule has 1 fully saturated rings. The first-order valence-corrected chi connectivity index (χ1v) is 8.66. The van der Waals surface area contributed by atoms with E-state index in [1.165, 1.54) is 13.2 Å². The molecular formula is C17H19F3N2OS. The summed E-state index contributed by atoms with van der Waals surface area (Å²) >= 11 is 1.55. The van der Waals surface area contributed by atoms with Crippen LogP contribution in [-0.2, 0) is 6.18 Å². The summed E-state index contributed by atoms with van der Waals surface area (Å²) in [5.41, 5.74) is 0.956. The predicted octanol–water partition coefficient (Wildman–Crippen LogP) is 3.77. The van der Waals surface area contributed by atoms with Crippen LogP contribution in [0, 0.1) is 0 Å². The summed E-state index contributed by atoms with van der Waals surface area (Å²) < 4.78 is 44.9. The van der Waals surface area contributed by atoms with Crippen molar-refractivity contribution in [3.05, 3.63) is 51.7 Å². The Morgan fingerprint density at radius 2 is 1.92 bits per heavy atom. The van der Waals surface area contributed by atoms with Gasteiger partial charge in [-0.1, -0.05) is 0 Å². The van der Waals surface area contributed by atoms with Crippen LogP contribution in [0.5, 0.6) is 5.75 Å². The maximum atomic E-state index is 13.3. The molecule has 1 aliphatic rings. The summed E-state index contributed by atoms with van der Waals surface area (Å²) in [6, 6.07) is 5.78. The molecule has 0 spiro atoms. The Bertz CT molecular complexity index is 667. The summed E-state index contributed by atoms with van der Waals surface area (Å²) in [6.45, 7) is 3.24. The van der Waals surface area contributed by atoms with Crippen molar-refractivity contribution in [2.24, 2.45) is 0 Å². The number of piperazine rings is 1. The quantitative estimate of drug-likeness (QED) is 0.903. The third-order valence-electron chi connectivity index (χ3n) is 4.18. The summed E-state index contributed by atoms with van der Waals surface area (Å²) in [6.07, 6.45) is -4.40. The van der Waals surface area contributed by atoms with Gasteiger partial charge < -0.3 is 10.1 Å². The maximum Gasteiger partial charge on any atom is 0.416 e. The molecule has 1 aromatic heterocycles. The topological polar surface area (TPSA) is 24.5 Å². The number of methoxy groups -OCH3 is 1. The summed E-state index contributed by atoms with van der Waals surface area (Å²) in [7, 11) is 1.39. The number of hydrogen-bond donors (Lipinski definition) is 1. The smallest absolute Gasteiger partial charge is 0.416 e. The van der Waals surface area contributed by atoms with Gasteiger partial charge >= 0.3 is 6.18 Å². The van der Waals surface area contributed by atoms with E-state index in [0.717, 1.165) is 37.8 Å². The Labute approximate surface area is 143 Å². The normalized spacial score (nSPS) is 17.7. The van der Waals surface area contributed by atoms with E-state index in [1.807, 2.05) is 16.8 Å². The van der Waals surface area contributed by atoms with E-state index in [0.29, 0.717) is 5.56 Å². The Kier molecular flexibility index (Phi) is 5.12. The van der Waals surface area contributed by atoms with Crippen LogP contribution in [0.1, 0.15) is 22.7 Å². The van der Waals surface area contributed by atoms with Crippen molar-refractivity contribution in [2.45, 2.75) is 12.2 Å². The molecule has 1 aromatic carbocycles. The minimum Gasteiger partial charge on any atom is -0.497 e. The lowest BCUT2D eigenvalue weighted by Crippen LogP contribution is -2.45. The number of nitrogens with one attached hydrogen (secondary N) is 1. The molecule has 0 bridgehead atoms. The van der Waals surface area contributed by atoms with Crippen LogP contribution in [0.2, 0.25) is 0 Å². The van der Waals surface area contributed by atoms with Crippen molar-refractivity contribution in [3.8, 4) is 5.75 Å². The number of rotatable bonds is 4. The van der Waals surface area contributed by atoms with Crippen LogP contribution < -0.4 is 10.1 Å². The van der Waals surface area contributed by atoms with Crippen LogP contribution in [0.25, 0.3) is 0 Å². The zero-order chi connectivity index (χ0) is 17.2. The van der Waals surface area contributed by atoms with Gasteiger partial charge in [0.1, 0.15) is 5.75 Å². The van der Waals surface area contributed by atoms with E-state index in [4.69, 9.17) is 4.74 Å². The molecule has 3 rings (SSSR count). The van der Waals surface area contributed by atoms with Crippen molar-refractivity contribution in [1.29, 1.82) is 0 Å². The summed E-state index contributed by atoms with van der Waals surface area (Å²) in [4.78, 5) is 2.22. The number of benzene rings is 1. The second kappa shape index (κ2) is 7.13. The molecule has 3 nitrogen and oxygen atoms in total. The third kappa shape index (κ3) is 3.74. The van der Waals surface area contributed by atoms with Gasteiger partial charge in [-0.05, 0) is 46.2 Å². The lowest BCUT2D eigenvalue weighted by atomic mass is 9.96. The second-order valence-corrected chi connectivity index (χ2v) is 6.52. The highest BCUT2D eigenvalue weighted by Crippen LogP contribution is 2.37. The molecule has 24 heavy (non-hydrogen) atoms. The number of alkyl halides is 3. The van der Waals surface area contributed by atoms with E-state index < -0.39 is 11.7 Å². The lowest BCUT2D eigenvalue weighted by Gasteiger charge is -2.35. The molecule has 2 aromatic rings. The van der Waals surface area contributed by atoms with Gasteiger partial charge in [0.05, 0.1) is 18.7 Å². The molecule has 7 heteroatoms. The van der Waals surface area contributed by atoms with Gasteiger partial charge in [0.2, 0.25) is 0 Å². The molecule has 0 aliphatic carbocycles. The number of nitrogens with zero attached hydrogens (tertiary/aromatic N) is 1. The Balaban J connectivity index is 2.06. The fourth-order valence-corrected chi connectivity index (χ4v) is 3.73. The van der Waals surface area contributed by atoms with Crippen molar-refractivity contribution in [2.75, 3.05) is 33.3 Å². The lowest BCUT2D eigenvalue weighted by molar-refractivity contribution is -0.137. The number of thiophene rings is 1. The molecule has 0 unspecified atom stereocenters. The average Bonchev–Trinajstić information content (AvgIpc) is 3.09. The minimum absolute atomic E-state index is 0.199. The zero-order valence-corrected chi connectivity index (χ0v) is 14.1. The van der Waals surface area contributed by atoms with Gasteiger partial charge in [0, 0.05) is 26.2 Å². The van der Waals surface area contributed by atoms with Gasteiger partial charge in [-0.25, -0.2) is 0 Å². The summed E-state index contributed by atoms with van der Waals surface area (Å²) in [5, 5.41) is 7.23. The fraction of sp³-hybridized carbons (Fsp3) is 0.412. The highest BCUT2D eigenvalue weighted by Gasteiger charge is 2.33. The predicted molar refractivity (Wildman–Crippen MR) is 88.6 cm³/mol. The highest BCUT2D eigenvalue weighted by atomic mass is 32.1. The first kappa shape index (κ1) is 17.3. The Morgan fingerprint density at radius 1 is 1.17 bits per heavy atom. The fourth-order valence-electron chi connectivity index (χ4n) is 3.05. The molecule has 1 N–H and O–H groups in total. The van der Waals surface area contributed by atoms with Gasteiger partial charge in [0.25, 0.3) is 0 Å². The number of hydrogen-bond acceptors (Lipinski definition) is 4. The van der Waals surface area contributed by atoms with E-state index in [2.05, 4.69) is 10.2 Å². The van der Waals surface area contributed by atoms with Gasteiger partial charge in [0.15, 0.2) is 0 Å². The Hall–Kier alpha value is -1.57. The van der Waals surface area contributed by atoms with E-state index in [-0.39, 0.29) is 11.8 Å². The summed E-state index contributed by atoms with van der Waals surface area (Å²) in [5.74, 6) is 0.232. The van der Waals surface area contributed by atoms with Gasteiger partial charge in [-0.2, -0.15) is 24.5 Å². The molecule has 1 atom stereocenters. The molecule has 130 valence electrons. The molecule has 0 amide bonds. The largest absolute Gasteiger partial charge is 0.497 e. The second-order valence-electron chi connectivity index (χ2n) is 5.74. The molecule has 0 radical (unpaired) electrons. The highest BCUT2D eigenvalue weighted by molar-refractivity contribution is 7.08.